The van der Waals surface area contributed by atoms with Gasteiger partial charge in [0.15, 0.2) is 0 Å². The molecule has 2 aromatic rings. The van der Waals surface area contributed by atoms with Crippen molar-refractivity contribution in [2.45, 2.75) is 6.04 Å². The van der Waals surface area contributed by atoms with Crippen LogP contribution in [0.4, 0.5) is 4.79 Å². The number of rotatable bonds is 2. The van der Waals surface area contributed by atoms with Gasteiger partial charge in [-0.15, -0.1) is 6.42 Å². The number of amidine groups is 1. The van der Waals surface area contributed by atoms with Gasteiger partial charge in [-0.05, 0) is 23.8 Å². The molecule has 5 heteroatoms. The lowest BCUT2D eigenvalue weighted by Gasteiger charge is -2.22. The second-order valence-corrected chi connectivity index (χ2v) is 4.51. The van der Waals surface area contributed by atoms with Gasteiger partial charge in [0.1, 0.15) is 11.9 Å². The number of urea groups is 1. The number of carbonyl (C=O) groups excluding carboxylic acids is 1. The number of pyridine rings is 1. The Hall–Kier alpha value is -2.87. The van der Waals surface area contributed by atoms with Gasteiger partial charge < -0.3 is 5.73 Å². The maximum Gasteiger partial charge on any atom is 0.346 e. The highest BCUT2D eigenvalue weighted by Crippen LogP contribution is 2.28. The summed E-state index contributed by atoms with van der Waals surface area (Å²) in [7, 11) is 0. The number of nitrogens with zero attached hydrogens (tertiary/aromatic N) is 3. The molecule has 1 aliphatic heterocycles. The maximum absolute atomic E-state index is 11.8. The third-order valence-electron chi connectivity index (χ3n) is 3.27. The summed E-state index contributed by atoms with van der Waals surface area (Å²) in [6.07, 6.45) is 7.04. The van der Waals surface area contributed by atoms with Gasteiger partial charge in [-0.1, -0.05) is 18.1 Å². The monoisotopic (exact) mass is 264 g/mol. The largest absolute Gasteiger partial charge is 0.385 e. The van der Waals surface area contributed by atoms with Crippen molar-refractivity contribution in [3.63, 3.8) is 0 Å². The number of aromatic nitrogens is 1. The topological polar surface area (TPSA) is 71.6 Å². The first-order valence-electron chi connectivity index (χ1n) is 6.13. The molecule has 0 aliphatic carbocycles. The number of amides is 2. The van der Waals surface area contributed by atoms with Crippen LogP contribution in [-0.4, -0.2) is 28.3 Å². The first kappa shape index (κ1) is 12.2. The Morgan fingerprint density at radius 3 is 3.05 bits per heavy atom. The highest BCUT2D eigenvalue weighted by atomic mass is 16.2. The molecule has 0 spiro atoms. The molecule has 3 rings (SSSR count). The highest BCUT2D eigenvalue weighted by Gasteiger charge is 2.33. The number of hydrogen-bond donors (Lipinski definition) is 1. The van der Waals surface area contributed by atoms with Crippen LogP contribution < -0.4 is 5.73 Å². The number of hydrogen-bond acceptors (Lipinski definition) is 3. The normalized spacial score (nSPS) is 18.1. The molecule has 1 atom stereocenters. The Morgan fingerprint density at radius 1 is 1.40 bits per heavy atom. The van der Waals surface area contributed by atoms with Gasteiger partial charge >= 0.3 is 6.03 Å². The highest BCUT2D eigenvalue weighted by molar-refractivity contribution is 6.03. The van der Waals surface area contributed by atoms with Gasteiger partial charge in [0.2, 0.25) is 0 Å². The van der Waals surface area contributed by atoms with Crippen molar-refractivity contribution in [3.05, 3.63) is 42.1 Å². The molecule has 2 amide bonds. The minimum atomic E-state index is -0.400. The molecule has 0 fully saturated rings. The lowest BCUT2D eigenvalue weighted by molar-refractivity contribution is 0.213. The van der Waals surface area contributed by atoms with Crippen LogP contribution in [0.1, 0.15) is 11.6 Å². The standard InChI is InChI=1S/C15H12N4O/c1-2-8-19-13(14(16)18-15(19)20)11-5-6-12-10(9-11)4-3-7-17-12/h1,3-7,9,13H,8H2,(H2,16,18,20). The van der Waals surface area contributed by atoms with Gasteiger partial charge in [0.25, 0.3) is 0 Å². The van der Waals surface area contributed by atoms with Crippen LogP contribution in [0, 0.1) is 12.3 Å². The summed E-state index contributed by atoms with van der Waals surface area (Å²) in [6, 6.07) is 8.78. The number of nitrogens with two attached hydrogens (primary N) is 1. The molecule has 98 valence electrons. The van der Waals surface area contributed by atoms with E-state index < -0.39 is 12.1 Å². The smallest absolute Gasteiger partial charge is 0.346 e. The molecular weight excluding hydrogens is 252 g/mol. The van der Waals surface area contributed by atoms with Crippen LogP contribution in [-0.2, 0) is 0 Å². The minimum Gasteiger partial charge on any atom is -0.385 e. The number of carbonyl (C=O) groups is 1. The van der Waals surface area contributed by atoms with E-state index in [-0.39, 0.29) is 12.4 Å². The van der Waals surface area contributed by atoms with E-state index in [1.165, 1.54) is 4.90 Å². The zero-order valence-corrected chi connectivity index (χ0v) is 10.7. The molecule has 5 nitrogen and oxygen atoms in total. The summed E-state index contributed by atoms with van der Waals surface area (Å²) in [4.78, 5) is 21.3. The predicted octanol–water partition coefficient (Wildman–Crippen LogP) is 1.70. The van der Waals surface area contributed by atoms with Crippen LogP contribution in [0.3, 0.4) is 0 Å². The van der Waals surface area contributed by atoms with E-state index in [1.807, 2.05) is 30.3 Å². The summed E-state index contributed by atoms with van der Waals surface area (Å²) in [5.74, 6) is 2.73. The summed E-state index contributed by atoms with van der Waals surface area (Å²) in [5, 5.41) is 0.984. The fourth-order valence-electron chi connectivity index (χ4n) is 2.38. The van der Waals surface area contributed by atoms with Crippen molar-refractivity contribution in [2.75, 3.05) is 6.54 Å². The zero-order chi connectivity index (χ0) is 14.1. The van der Waals surface area contributed by atoms with E-state index >= 15 is 0 Å². The Morgan fingerprint density at radius 2 is 2.25 bits per heavy atom. The van der Waals surface area contributed by atoms with Crippen LogP contribution in [0.15, 0.2) is 41.5 Å². The van der Waals surface area contributed by atoms with E-state index in [0.717, 1.165) is 16.5 Å². The molecule has 2 N–H and O–H groups in total. The third kappa shape index (κ3) is 1.88. The van der Waals surface area contributed by atoms with Gasteiger partial charge in [0, 0.05) is 11.6 Å². The van der Waals surface area contributed by atoms with E-state index in [9.17, 15) is 4.79 Å². The molecule has 1 aromatic heterocycles. The second kappa shape index (κ2) is 4.67. The number of fused-ring (bicyclic) bond motifs is 1. The number of terminal acetylenes is 1. The van der Waals surface area contributed by atoms with E-state index in [1.54, 1.807) is 6.20 Å². The Kier molecular flexibility index (Phi) is 2.84. The van der Waals surface area contributed by atoms with E-state index in [0.29, 0.717) is 0 Å². The lowest BCUT2D eigenvalue weighted by Crippen LogP contribution is -2.33. The molecule has 0 saturated heterocycles. The lowest BCUT2D eigenvalue weighted by atomic mass is 10.0. The van der Waals surface area contributed by atoms with Gasteiger partial charge in [-0.3, -0.25) is 9.88 Å². The van der Waals surface area contributed by atoms with Crippen LogP contribution in [0.25, 0.3) is 10.9 Å². The zero-order valence-electron chi connectivity index (χ0n) is 10.7. The molecule has 1 unspecified atom stereocenters. The maximum atomic E-state index is 11.8. The average molecular weight is 264 g/mol. The Balaban J connectivity index is 2.07. The fraction of sp³-hybridized carbons (Fsp3) is 0.133. The van der Waals surface area contributed by atoms with Crippen molar-refractivity contribution < 1.29 is 4.79 Å². The van der Waals surface area contributed by atoms with Crippen molar-refractivity contribution in [1.29, 1.82) is 0 Å². The number of aliphatic imine (C=N–C) groups is 1. The molecule has 20 heavy (non-hydrogen) atoms. The average Bonchev–Trinajstić information content (AvgIpc) is 2.73. The van der Waals surface area contributed by atoms with Crippen molar-refractivity contribution in [1.82, 2.24) is 9.88 Å². The number of benzene rings is 1. The van der Waals surface area contributed by atoms with Crippen LogP contribution in [0.2, 0.25) is 0 Å². The van der Waals surface area contributed by atoms with Gasteiger partial charge in [-0.2, -0.15) is 4.99 Å². The quantitative estimate of drug-likeness (QED) is 0.839. The molecule has 1 aliphatic rings. The molecule has 0 saturated carbocycles. The molecule has 1 aromatic carbocycles. The summed E-state index contributed by atoms with van der Waals surface area (Å²) < 4.78 is 0. The third-order valence-corrected chi connectivity index (χ3v) is 3.27. The predicted molar refractivity (Wildman–Crippen MR) is 77.0 cm³/mol. The van der Waals surface area contributed by atoms with E-state index in [2.05, 4.69) is 15.9 Å². The first-order valence-corrected chi connectivity index (χ1v) is 6.13. The first-order chi connectivity index (χ1) is 9.70. The van der Waals surface area contributed by atoms with Gasteiger partial charge in [-0.25, -0.2) is 4.79 Å². The summed E-state index contributed by atoms with van der Waals surface area (Å²) in [5.41, 5.74) is 7.64. The summed E-state index contributed by atoms with van der Waals surface area (Å²) in [6.45, 7) is 0.179. The molecule has 0 bridgehead atoms. The van der Waals surface area contributed by atoms with Gasteiger partial charge in [0.05, 0.1) is 12.1 Å². The van der Waals surface area contributed by atoms with E-state index in [4.69, 9.17) is 12.2 Å². The Labute approximate surface area is 116 Å². The van der Waals surface area contributed by atoms with Crippen LogP contribution in [0.5, 0.6) is 0 Å². The summed E-state index contributed by atoms with van der Waals surface area (Å²) >= 11 is 0. The van der Waals surface area contributed by atoms with Crippen LogP contribution >= 0.6 is 0 Å². The molecule has 2 heterocycles. The Bertz CT molecular complexity index is 760. The minimum absolute atomic E-state index is 0.179. The van der Waals surface area contributed by atoms with Crippen molar-refractivity contribution in [2.24, 2.45) is 10.7 Å². The molecular formula is C15H12N4O. The SMILES string of the molecule is C#CCN1C(=O)N=C(N)C1c1ccc2ncccc2c1. The van der Waals surface area contributed by atoms with Crippen molar-refractivity contribution >= 4 is 22.8 Å². The molecule has 0 radical (unpaired) electrons. The second-order valence-electron chi connectivity index (χ2n) is 4.51. The fourth-order valence-corrected chi connectivity index (χ4v) is 2.38. The van der Waals surface area contributed by atoms with Crippen molar-refractivity contribution in [3.8, 4) is 12.3 Å².